The lowest BCUT2D eigenvalue weighted by Crippen LogP contribution is -2.07. The SMILES string of the molecule is CCOCn1nnc(-c2ccc(F)cc2)c1-c1ccnc(Oc2cccc(CC)c2)n1. The quantitative estimate of drug-likeness (QED) is 0.405. The van der Waals surface area contributed by atoms with E-state index in [1.165, 1.54) is 12.1 Å². The summed E-state index contributed by atoms with van der Waals surface area (Å²) in [7, 11) is 0. The van der Waals surface area contributed by atoms with Gasteiger partial charge in [0.05, 0.1) is 5.69 Å². The molecule has 0 aliphatic heterocycles. The normalized spacial score (nSPS) is 10.9. The second-order valence-electron chi connectivity index (χ2n) is 6.74. The van der Waals surface area contributed by atoms with E-state index in [0.29, 0.717) is 29.4 Å². The van der Waals surface area contributed by atoms with Gasteiger partial charge in [-0.25, -0.2) is 14.1 Å². The van der Waals surface area contributed by atoms with E-state index in [1.54, 1.807) is 29.1 Å². The molecule has 4 rings (SSSR count). The van der Waals surface area contributed by atoms with Crippen LogP contribution in [0.2, 0.25) is 0 Å². The number of aryl methyl sites for hydroxylation is 1. The summed E-state index contributed by atoms with van der Waals surface area (Å²) in [5.74, 6) is 0.343. The minimum Gasteiger partial charge on any atom is -0.424 e. The van der Waals surface area contributed by atoms with Crippen LogP contribution in [0.1, 0.15) is 19.4 Å². The summed E-state index contributed by atoms with van der Waals surface area (Å²) in [6.07, 6.45) is 2.52. The summed E-state index contributed by atoms with van der Waals surface area (Å²) in [6, 6.07) is 15.8. The third kappa shape index (κ3) is 4.75. The highest BCUT2D eigenvalue weighted by Gasteiger charge is 2.19. The van der Waals surface area contributed by atoms with Crippen molar-refractivity contribution in [3.05, 3.63) is 72.2 Å². The molecule has 4 aromatic rings. The lowest BCUT2D eigenvalue weighted by molar-refractivity contribution is 0.0790. The lowest BCUT2D eigenvalue weighted by Gasteiger charge is -2.10. The van der Waals surface area contributed by atoms with Crippen molar-refractivity contribution in [2.75, 3.05) is 6.61 Å². The van der Waals surface area contributed by atoms with Crippen LogP contribution in [0.25, 0.3) is 22.6 Å². The van der Waals surface area contributed by atoms with Crippen molar-refractivity contribution in [2.45, 2.75) is 27.0 Å². The Morgan fingerprint density at radius 1 is 1.03 bits per heavy atom. The molecule has 158 valence electrons. The van der Waals surface area contributed by atoms with Crippen molar-refractivity contribution in [1.82, 2.24) is 25.0 Å². The molecule has 31 heavy (non-hydrogen) atoms. The van der Waals surface area contributed by atoms with Gasteiger partial charge in [-0.2, -0.15) is 4.98 Å². The van der Waals surface area contributed by atoms with Gasteiger partial charge in [-0.3, -0.25) is 0 Å². The van der Waals surface area contributed by atoms with Gasteiger partial charge in [0.2, 0.25) is 0 Å². The third-order valence-electron chi connectivity index (χ3n) is 4.66. The van der Waals surface area contributed by atoms with Gasteiger partial charge in [0.1, 0.15) is 29.7 Å². The van der Waals surface area contributed by atoms with Gasteiger partial charge in [0.25, 0.3) is 0 Å². The Hall–Kier alpha value is -3.65. The third-order valence-corrected chi connectivity index (χ3v) is 4.66. The standard InChI is InChI=1S/C23H22FN5O2/c1-3-16-6-5-7-19(14-16)31-23-25-13-12-20(26-23)22-21(17-8-10-18(24)11-9-17)27-28-29(22)15-30-4-2/h5-14H,3-4,15H2,1-2H3. The molecule has 0 spiro atoms. The van der Waals surface area contributed by atoms with Gasteiger partial charge in [-0.1, -0.05) is 24.3 Å². The topological polar surface area (TPSA) is 75.0 Å². The summed E-state index contributed by atoms with van der Waals surface area (Å²) in [5, 5.41) is 8.50. The molecule has 2 aromatic carbocycles. The first-order valence-electron chi connectivity index (χ1n) is 10.0. The summed E-state index contributed by atoms with van der Waals surface area (Å²) >= 11 is 0. The van der Waals surface area contributed by atoms with E-state index in [1.807, 2.05) is 31.2 Å². The average molecular weight is 419 g/mol. The van der Waals surface area contributed by atoms with Gasteiger partial charge in [-0.05, 0) is 61.4 Å². The molecule has 0 aliphatic rings. The maximum atomic E-state index is 13.4. The molecule has 7 nitrogen and oxygen atoms in total. The predicted octanol–water partition coefficient (Wildman–Crippen LogP) is 4.89. The van der Waals surface area contributed by atoms with Crippen LogP contribution in [0, 0.1) is 5.82 Å². The fraction of sp³-hybridized carbons (Fsp3) is 0.217. The Balaban J connectivity index is 1.73. The van der Waals surface area contributed by atoms with Crippen LogP contribution < -0.4 is 4.74 Å². The number of rotatable bonds is 8. The number of hydrogen-bond acceptors (Lipinski definition) is 6. The summed E-state index contributed by atoms with van der Waals surface area (Å²) < 4.78 is 26.4. The highest BCUT2D eigenvalue weighted by Crippen LogP contribution is 2.30. The summed E-state index contributed by atoms with van der Waals surface area (Å²) in [5.41, 5.74) is 3.65. The summed E-state index contributed by atoms with van der Waals surface area (Å²) in [6.45, 7) is 4.72. The first kappa shape index (κ1) is 20.6. The molecule has 2 heterocycles. The molecular weight excluding hydrogens is 397 g/mol. The molecule has 0 aliphatic carbocycles. The second kappa shape index (κ2) is 9.44. The number of aromatic nitrogens is 5. The van der Waals surface area contributed by atoms with Gasteiger partial charge in [-0.15, -0.1) is 5.10 Å². The van der Waals surface area contributed by atoms with Gasteiger partial charge in [0.15, 0.2) is 0 Å². The first-order valence-corrected chi connectivity index (χ1v) is 10.0. The Morgan fingerprint density at radius 3 is 2.65 bits per heavy atom. The smallest absolute Gasteiger partial charge is 0.322 e. The molecule has 0 radical (unpaired) electrons. The number of hydrogen-bond donors (Lipinski definition) is 0. The van der Waals surface area contributed by atoms with Crippen molar-refractivity contribution in [3.8, 4) is 34.4 Å². The minimum atomic E-state index is -0.320. The first-order chi connectivity index (χ1) is 15.2. The Labute approximate surface area is 179 Å². The minimum absolute atomic E-state index is 0.207. The fourth-order valence-electron chi connectivity index (χ4n) is 3.09. The zero-order valence-corrected chi connectivity index (χ0v) is 17.3. The number of benzene rings is 2. The predicted molar refractivity (Wildman–Crippen MR) is 114 cm³/mol. The van der Waals surface area contributed by atoms with E-state index in [0.717, 1.165) is 17.5 Å². The van der Waals surface area contributed by atoms with Crippen LogP contribution >= 0.6 is 0 Å². The molecule has 0 saturated carbocycles. The molecule has 0 amide bonds. The Morgan fingerprint density at radius 2 is 1.87 bits per heavy atom. The zero-order valence-electron chi connectivity index (χ0n) is 17.3. The lowest BCUT2D eigenvalue weighted by atomic mass is 10.1. The highest BCUT2D eigenvalue weighted by atomic mass is 19.1. The van der Waals surface area contributed by atoms with Crippen LogP contribution in [0.3, 0.4) is 0 Å². The Bertz CT molecular complexity index is 1160. The molecule has 0 fully saturated rings. The average Bonchev–Trinajstić information content (AvgIpc) is 3.22. The second-order valence-corrected chi connectivity index (χ2v) is 6.74. The zero-order chi connectivity index (χ0) is 21.6. The van der Waals surface area contributed by atoms with Crippen molar-refractivity contribution in [1.29, 1.82) is 0 Å². The van der Waals surface area contributed by atoms with Crippen LogP contribution in [-0.2, 0) is 17.9 Å². The monoisotopic (exact) mass is 419 g/mol. The molecule has 8 heteroatoms. The van der Waals surface area contributed by atoms with Gasteiger partial charge < -0.3 is 9.47 Å². The van der Waals surface area contributed by atoms with Crippen molar-refractivity contribution in [3.63, 3.8) is 0 Å². The largest absolute Gasteiger partial charge is 0.424 e. The maximum Gasteiger partial charge on any atom is 0.322 e. The van der Waals surface area contributed by atoms with Crippen LogP contribution in [-0.4, -0.2) is 31.6 Å². The van der Waals surface area contributed by atoms with E-state index in [-0.39, 0.29) is 18.6 Å². The molecule has 0 saturated heterocycles. The van der Waals surface area contributed by atoms with Crippen molar-refractivity contribution < 1.29 is 13.9 Å². The number of halogens is 1. The van der Waals surface area contributed by atoms with Gasteiger partial charge >= 0.3 is 6.01 Å². The van der Waals surface area contributed by atoms with Crippen LogP contribution in [0.4, 0.5) is 4.39 Å². The van der Waals surface area contributed by atoms with E-state index < -0.39 is 0 Å². The van der Waals surface area contributed by atoms with Crippen LogP contribution in [0.15, 0.2) is 60.8 Å². The maximum absolute atomic E-state index is 13.4. The summed E-state index contributed by atoms with van der Waals surface area (Å²) in [4.78, 5) is 8.82. The molecular formula is C23H22FN5O2. The fourth-order valence-corrected chi connectivity index (χ4v) is 3.09. The van der Waals surface area contributed by atoms with Crippen LogP contribution in [0.5, 0.6) is 11.8 Å². The highest BCUT2D eigenvalue weighted by molar-refractivity contribution is 5.76. The number of nitrogens with zero attached hydrogens (tertiary/aromatic N) is 5. The molecule has 0 unspecified atom stereocenters. The molecule has 0 atom stereocenters. The molecule has 2 aromatic heterocycles. The molecule has 0 bridgehead atoms. The Kier molecular flexibility index (Phi) is 6.28. The van der Waals surface area contributed by atoms with Crippen molar-refractivity contribution >= 4 is 0 Å². The van der Waals surface area contributed by atoms with E-state index in [4.69, 9.17) is 9.47 Å². The van der Waals surface area contributed by atoms with Gasteiger partial charge in [0, 0.05) is 18.4 Å². The van der Waals surface area contributed by atoms with E-state index >= 15 is 0 Å². The number of ether oxygens (including phenoxy) is 2. The van der Waals surface area contributed by atoms with Crippen molar-refractivity contribution in [2.24, 2.45) is 0 Å². The van der Waals surface area contributed by atoms with E-state index in [9.17, 15) is 4.39 Å². The molecule has 0 N–H and O–H groups in total. The van der Waals surface area contributed by atoms with E-state index in [2.05, 4.69) is 27.2 Å².